The maximum absolute atomic E-state index is 11.8. The number of benzene rings is 1. The van der Waals surface area contributed by atoms with Crippen LogP contribution in [0, 0.1) is 0 Å². The molecule has 0 heterocycles. The number of unbranched alkanes of at least 4 members (excludes halogenated alkanes) is 11. The molecule has 1 aromatic rings. The van der Waals surface area contributed by atoms with Gasteiger partial charge in [0, 0.05) is 6.42 Å². The van der Waals surface area contributed by atoms with Crippen molar-refractivity contribution in [3.05, 3.63) is 42.0 Å². The third-order valence-electron chi connectivity index (χ3n) is 5.18. The van der Waals surface area contributed by atoms with Gasteiger partial charge < -0.3 is 9.47 Å². The Kier molecular flexibility index (Phi) is 15.9. The zero-order chi connectivity index (χ0) is 21.0. The summed E-state index contributed by atoms with van der Waals surface area (Å²) in [5.41, 5.74) is 0.960. The summed E-state index contributed by atoms with van der Waals surface area (Å²) in [4.78, 5) is 11.8. The Morgan fingerprint density at radius 1 is 0.862 bits per heavy atom. The van der Waals surface area contributed by atoms with Crippen LogP contribution in [0.5, 0.6) is 5.75 Å². The Balaban J connectivity index is 1.88. The van der Waals surface area contributed by atoms with Gasteiger partial charge >= 0.3 is 5.97 Å². The van der Waals surface area contributed by atoms with Gasteiger partial charge in [0.1, 0.15) is 12.4 Å². The summed E-state index contributed by atoms with van der Waals surface area (Å²) in [5, 5.41) is 0. The fourth-order valence-corrected chi connectivity index (χ4v) is 3.34. The maximum atomic E-state index is 11.8. The second kappa shape index (κ2) is 18.3. The fraction of sp³-hybridized carbons (Fsp3) is 0.654. The van der Waals surface area contributed by atoms with Crippen molar-refractivity contribution < 1.29 is 14.3 Å². The zero-order valence-corrected chi connectivity index (χ0v) is 18.8. The fourth-order valence-electron chi connectivity index (χ4n) is 3.34. The van der Waals surface area contributed by atoms with E-state index in [1.807, 2.05) is 24.3 Å². The highest BCUT2D eigenvalue weighted by Gasteiger charge is 2.04. The van der Waals surface area contributed by atoms with Gasteiger partial charge in [0.25, 0.3) is 0 Å². The van der Waals surface area contributed by atoms with E-state index in [2.05, 4.69) is 19.1 Å². The lowest BCUT2D eigenvalue weighted by Crippen LogP contribution is -2.04. The smallest absolute Gasteiger partial charge is 0.306 e. The minimum atomic E-state index is -0.106. The Morgan fingerprint density at radius 2 is 1.48 bits per heavy atom. The molecule has 164 valence electrons. The van der Waals surface area contributed by atoms with Gasteiger partial charge in [-0.05, 0) is 49.8 Å². The van der Waals surface area contributed by atoms with E-state index in [9.17, 15) is 4.79 Å². The van der Waals surface area contributed by atoms with Crippen LogP contribution < -0.4 is 4.74 Å². The van der Waals surface area contributed by atoms with Crippen molar-refractivity contribution in [3.8, 4) is 5.75 Å². The molecule has 0 bridgehead atoms. The molecule has 0 aromatic heterocycles. The predicted octanol–water partition coefficient (Wildman–Crippen LogP) is 7.78. The number of hydrogen-bond donors (Lipinski definition) is 0. The van der Waals surface area contributed by atoms with Gasteiger partial charge in [0.2, 0.25) is 0 Å². The van der Waals surface area contributed by atoms with Crippen LogP contribution in [0.4, 0.5) is 0 Å². The van der Waals surface area contributed by atoms with Gasteiger partial charge in [-0.25, -0.2) is 0 Å². The van der Waals surface area contributed by atoms with Gasteiger partial charge in [-0.3, -0.25) is 4.79 Å². The lowest BCUT2D eigenvalue weighted by Gasteiger charge is -2.06. The second-order valence-electron chi connectivity index (χ2n) is 7.85. The highest BCUT2D eigenvalue weighted by Crippen LogP contribution is 2.14. The lowest BCUT2D eigenvalue weighted by atomic mass is 10.1. The highest BCUT2D eigenvalue weighted by molar-refractivity contribution is 5.69. The lowest BCUT2D eigenvalue weighted by molar-refractivity contribution is -0.145. The summed E-state index contributed by atoms with van der Waals surface area (Å²) in [7, 11) is 1.64. The summed E-state index contributed by atoms with van der Waals surface area (Å²) in [5.74, 6) is 0.682. The monoisotopic (exact) mass is 402 g/mol. The van der Waals surface area contributed by atoms with Crippen LogP contribution in [0.3, 0.4) is 0 Å². The Labute approximate surface area is 178 Å². The minimum absolute atomic E-state index is 0.106. The molecule has 0 aliphatic rings. The summed E-state index contributed by atoms with van der Waals surface area (Å²) >= 11 is 0. The molecule has 0 saturated carbocycles. The van der Waals surface area contributed by atoms with Crippen LogP contribution in [0.15, 0.2) is 36.4 Å². The molecule has 3 nitrogen and oxygen atoms in total. The number of methoxy groups -OCH3 is 1. The first kappa shape index (κ1) is 25.3. The molecule has 0 saturated heterocycles. The average molecular weight is 403 g/mol. The Hall–Kier alpha value is -1.77. The molecular formula is C26H42O3. The van der Waals surface area contributed by atoms with Crippen molar-refractivity contribution in [1.29, 1.82) is 0 Å². The molecular weight excluding hydrogens is 360 g/mol. The first-order valence-corrected chi connectivity index (χ1v) is 11.7. The zero-order valence-electron chi connectivity index (χ0n) is 18.8. The van der Waals surface area contributed by atoms with Gasteiger partial charge in [-0.15, -0.1) is 0 Å². The molecule has 1 aromatic carbocycles. The number of carbonyl (C=O) groups is 1. The minimum Gasteiger partial charge on any atom is -0.497 e. The molecule has 0 fully saturated rings. The van der Waals surface area contributed by atoms with Gasteiger partial charge in [0.05, 0.1) is 7.11 Å². The number of esters is 1. The van der Waals surface area contributed by atoms with Crippen LogP contribution in [-0.2, 0) is 16.1 Å². The van der Waals surface area contributed by atoms with E-state index in [1.54, 1.807) is 7.11 Å². The van der Waals surface area contributed by atoms with Crippen molar-refractivity contribution in [2.75, 3.05) is 7.11 Å². The second-order valence-corrected chi connectivity index (χ2v) is 7.85. The quantitative estimate of drug-likeness (QED) is 0.143. The van der Waals surface area contributed by atoms with Crippen LogP contribution >= 0.6 is 0 Å². The maximum Gasteiger partial charge on any atom is 0.306 e. The Bertz CT molecular complexity index is 551. The molecule has 0 spiro atoms. The van der Waals surface area contributed by atoms with Crippen LogP contribution in [0.2, 0.25) is 0 Å². The van der Waals surface area contributed by atoms with Gasteiger partial charge in [-0.1, -0.05) is 82.6 Å². The summed E-state index contributed by atoms with van der Waals surface area (Å²) in [6.07, 6.45) is 21.6. The number of hydrogen-bond acceptors (Lipinski definition) is 3. The predicted molar refractivity (Wildman–Crippen MR) is 122 cm³/mol. The Morgan fingerprint density at radius 3 is 2.14 bits per heavy atom. The van der Waals surface area contributed by atoms with E-state index in [4.69, 9.17) is 9.47 Å². The third kappa shape index (κ3) is 14.8. The number of allylic oxidation sites excluding steroid dienone is 2. The normalized spacial score (nSPS) is 11.1. The highest BCUT2D eigenvalue weighted by atomic mass is 16.5. The number of rotatable bonds is 18. The first-order valence-electron chi connectivity index (χ1n) is 11.7. The van der Waals surface area contributed by atoms with E-state index in [-0.39, 0.29) is 5.97 Å². The summed E-state index contributed by atoms with van der Waals surface area (Å²) < 4.78 is 10.5. The standard InChI is InChI=1S/C26H42O3/c1-3-4-5-6-7-8-9-10-11-12-13-14-15-16-17-21-26(27)29-23-24-19-18-20-25(22-24)28-2/h10-11,18-20,22H,3-9,12-17,21,23H2,1-2H3/b11-10-. The molecule has 0 unspecified atom stereocenters. The first-order chi connectivity index (χ1) is 14.3. The SMILES string of the molecule is CCCCCCCC/C=C\CCCCCCCC(=O)OCc1cccc(OC)c1. The van der Waals surface area contributed by atoms with E-state index < -0.39 is 0 Å². The van der Waals surface area contributed by atoms with Gasteiger partial charge in [0.15, 0.2) is 0 Å². The van der Waals surface area contributed by atoms with Crippen LogP contribution in [-0.4, -0.2) is 13.1 Å². The molecule has 0 aliphatic heterocycles. The molecule has 0 radical (unpaired) electrons. The van der Waals surface area contributed by atoms with Gasteiger partial charge in [-0.2, -0.15) is 0 Å². The number of carbonyl (C=O) groups excluding carboxylic acids is 1. The molecule has 3 heteroatoms. The largest absolute Gasteiger partial charge is 0.497 e. The molecule has 0 atom stereocenters. The van der Waals surface area contributed by atoms with E-state index in [0.29, 0.717) is 13.0 Å². The number of ether oxygens (including phenoxy) is 2. The molecule has 0 amide bonds. The molecule has 1 rings (SSSR count). The molecule has 0 aliphatic carbocycles. The molecule has 0 N–H and O–H groups in total. The van der Waals surface area contributed by atoms with E-state index in [0.717, 1.165) is 24.2 Å². The summed E-state index contributed by atoms with van der Waals surface area (Å²) in [6, 6.07) is 7.63. The molecule has 29 heavy (non-hydrogen) atoms. The summed E-state index contributed by atoms with van der Waals surface area (Å²) in [6.45, 7) is 2.59. The van der Waals surface area contributed by atoms with E-state index >= 15 is 0 Å². The van der Waals surface area contributed by atoms with Crippen LogP contribution in [0.25, 0.3) is 0 Å². The van der Waals surface area contributed by atoms with Crippen molar-refractivity contribution in [1.82, 2.24) is 0 Å². The topological polar surface area (TPSA) is 35.5 Å². The van der Waals surface area contributed by atoms with Crippen molar-refractivity contribution in [3.63, 3.8) is 0 Å². The van der Waals surface area contributed by atoms with Crippen LogP contribution in [0.1, 0.15) is 102 Å². The average Bonchev–Trinajstić information content (AvgIpc) is 2.75. The van der Waals surface area contributed by atoms with Crippen molar-refractivity contribution in [2.45, 2.75) is 103 Å². The van der Waals surface area contributed by atoms with Crippen molar-refractivity contribution in [2.24, 2.45) is 0 Å². The third-order valence-corrected chi connectivity index (χ3v) is 5.18. The van der Waals surface area contributed by atoms with Crippen molar-refractivity contribution >= 4 is 5.97 Å². The van der Waals surface area contributed by atoms with E-state index in [1.165, 1.54) is 70.6 Å².